The third kappa shape index (κ3) is 4.32. The van der Waals surface area contributed by atoms with Gasteiger partial charge in [-0.3, -0.25) is 4.79 Å². The highest BCUT2D eigenvalue weighted by Gasteiger charge is 2.44. The van der Waals surface area contributed by atoms with E-state index in [1.54, 1.807) is 19.9 Å². The maximum Gasteiger partial charge on any atom is 0.419 e. The van der Waals surface area contributed by atoms with E-state index in [-0.39, 0.29) is 34.9 Å². The van der Waals surface area contributed by atoms with Crippen LogP contribution in [0.15, 0.2) is 40.9 Å². The molecule has 32 heavy (non-hydrogen) atoms. The molecule has 1 heterocycles. The zero-order valence-corrected chi connectivity index (χ0v) is 17.6. The lowest BCUT2D eigenvalue weighted by molar-refractivity contribution is -0.139. The van der Waals surface area contributed by atoms with Crippen molar-refractivity contribution >= 4 is 5.97 Å². The standard InChI is InChI=1S/C23H21F3N2O4/c1-11(2)31-19-7-5-14(9-18(19)23(24,25)26)21-27-20(28-32-21)15-6-4-13(8-12(15)3)16-10-17(16)22(29)30/h4-9,11,16-17H,10H2,1-3H3,(H,29,30)/t16-,17+/m1/s1. The zero-order chi connectivity index (χ0) is 23.2. The highest BCUT2D eigenvalue weighted by atomic mass is 19.4. The van der Waals surface area contributed by atoms with Gasteiger partial charge < -0.3 is 14.4 Å². The molecule has 0 radical (unpaired) electrons. The highest BCUT2D eigenvalue weighted by molar-refractivity contribution is 5.75. The number of aliphatic carboxylic acids is 1. The molecule has 1 N–H and O–H groups in total. The number of carboxylic acids is 1. The van der Waals surface area contributed by atoms with Crippen molar-refractivity contribution in [1.29, 1.82) is 0 Å². The number of halogens is 3. The second-order valence-electron chi connectivity index (χ2n) is 8.16. The number of carbonyl (C=O) groups is 1. The number of benzene rings is 2. The van der Waals surface area contributed by atoms with E-state index in [1.165, 1.54) is 12.1 Å². The molecule has 168 valence electrons. The Bertz CT molecular complexity index is 1170. The first-order chi connectivity index (χ1) is 15.0. The van der Waals surface area contributed by atoms with Crippen LogP contribution in [0, 0.1) is 12.8 Å². The van der Waals surface area contributed by atoms with Gasteiger partial charge in [-0.1, -0.05) is 23.4 Å². The first kappa shape index (κ1) is 21.9. The lowest BCUT2D eigenvalue weighted by Gasteiger charge is -2.16. The zero-order valence-electron chi connectivity index (χ0n) is 17.6. The van der Waals surface area contributed by atoms with Crippen molar-refractivity contribution in [2.45, 2.75) is 45.4 Å². The van der Waals surface area contributed by atoms with E-state index in [2.05, 4.69) is 10.1 Å². The third-order valence-electron chi connectivity index (χ3n) is 5.35. The number of nitrogens with zero attached hydrogens (tertiary/aromatic N) is 2. The summed E-state index contributed by atoms with van der Waals surface area (Å²) in [6.45, 7) is 5.14. The Kier molecular flexibility index (Phi) is 5.44. The van der Waals surface area contributed by atoms with Gasteiger partial charge in [0.25, 0.3) is 5.89 Å². The van der Waals surface area contributed by atoms with Gasteiger partial charge in [0.2, 0.25) is 5.82 Å². The van der Waals surface area contributed by atoms with Gasteiger partial charge >= 0.3 is 12.1 Å². The Hall–Kier alpha value is -3.36. The third-order valence-corrected chi connectivity index (χ3v) is 5.35. The molecule has 3 aromatic rings. The Morgan fingerprint density at radius 3 is 2.56 bits per heavy atom. The monoisotopic (exact) mass is 446 g/mol. The van der Waals surface area contributed by atoms with Gasteiger partial charge in [0.05, 0.1) is 17.6 Å². The first-order valence-corrected chi connectivity index (χ1v) is 10.1. The van der Waals surface area contributed by atoms with E-state index in [1.807, 2.05) is 19.1 Å². The molecule has 1 saturated carbocycles. The van der Waals surface area contributed by atoms with Crippen molar-refractivity contribution in [2.24, 2.45) is 5.92 Å². The molecule has 0 spiro atoms. The van der Waals surface area contributed by atoms with Crippen LogP contribution in [0.4, 0.5) is 13.2 Å². The molecule has 1 aliphatic carbocycles. The van der Waals surface area contributed by atoms with Crippen LogP contribution in [-0.2, 0) is 11.0 Å². The Morgan fingerprint density at radius 1 is 1.22 bits per heavy atom. The van der Waals surface area contributed by atoms with Crippen LogP contribution in [0.3, 0.4) is 0 Å². The minimum absolute atomic E-state index is 0.00607. The van der Waals surface area contributed by atoms with Crippen LogP contribution in [0.1, 0.15) is 42.9 Å². The summed E-state index contributed by atoms with van der Waals surface area (Å²) in [4.78, 5) is 15.4. The van der Waals surface area contributed by atoms with E-state index in [0.29, 0.717) is 12.0 Å². The molecular weight excluding hydrogens is 425 g/mol. The van der Waals surface area contributed by atoms with Crippen molar-refractivity contribution in [1.82, 2.24) is 10.1 Å². The number of hydrogen-bond donors (Lipinski definition) is 1. The Labute approximate surface area is 182 Å². The Morgan fingerprint density at radius 2 is 1.97 bits per heavy atom. The van der Waals surface area contributed by atoms with Crippen LogP contribution < -0.4 is 4.74 Å². The number of alkyl halides is 3. The van der Waals surface area contributed by atoms with Gasteiger partial charge in [0.15, 0.2) is 0 Å². The van der Waals surface area contributed by atoms with E-state index >= 15 is 0 Å². The van der Waals surface area contributed by atoms with Gasteiger partial charge in [-0.15, -0.1) is 0 Å². The molecule has 0 aliphatic heterocycles. The fourth-order valence-corrected chi connectivity index (χ4v) is 3.70. The summed E-state index contributed by atoms with van der Waals surface area (Å²) in [5.74, 6) is -1.23. The number of hydrogen-bond acceptors (Lipinski definition) is 5. The number of aryl methyl sites for hydroxylation is 1. The average Bonchev–Trinajstić information content (AvgIpc) is 3.37. The summed E-state index contributed by atoms with van der Waals surface area (Å²) in [6, 6.07) is 9.11. The van der Waals surface area contributed by atoms with Crippen LogP contribution in [-0.4, -0.2) is 27.3 Å². The number of ether oxygens (including phenoxy) is 1. The quantitative estimate of drug-likeness (QED) is 0.522. The molecular formula is C23H21F3N2O4. The SMILES string of the molecule is Cc1cc([C@H]2C[C@@H]2C(=O)O)ccc1-c1noc(-c2ccc(OC(C)C)c(C(F)(F)F)c2)n1. The summed E-state index contributed by atoms with van der Waals surface area (Å²) in [5.41, 5.74) is 1.62. The smallest absolute Gasteiger partial charge is 0.419 e. The van der Waals surface area contributed by atoms with Crippen molar-refractivity contribution in [3.05, 3.63) is 53.1 Å². The van der Waals surface area contributed by atoms with Crippen molar-refractivity contribution < 1.29 is 32.3 Å². The van der Waals surface area contributed by atoms with Gasteiger partial charge in [-0.2, -0.15) is 18.2 Å². The van der Waals surface area contributed by atoms with Crippen molar-refractivity contribution in [2.75, 3.05) is 0 Å². The molecule has 0 amide bonds. The minimum Gasteiger partial charge on any atom is -0.490 e. The number of aromatic nitrogens is 2. The van der Waals surface area contributed by atoms with Crippen LogP contribution in [0.2, 0.25) is 0 Å². The Balaban J connectivity index is 1.62. The molecule has 0 unspecified atom stereocenters. The average molecular weight is 446 g/mol. The van der Waals surface area contributed by atoms with Gasteiger partial charge in [0, 0.05) is 11.1 Å². The minimum atomic E-state index is -4.61. The molecule has 0 bridgehead atoms. The molecule has 4 rings (SSSR count). The molecule has 1 aromatic heterocycles. The first-order valence-electron chi connectivity index (χ1n) is 10.1. The largest absolute Gasteiger partial charge is 0.490 e. The van der Waals surface area contributed by atoms with E-state index < -0.39 is 23.8 Å². The summed E-state index contributed by atoms with van der Waals surface area (Å²) in [6.07, 6.45) is -4.41. The predicted octanol–water partition coefficient (Wildman–Crippen LogP) is 5.71. The summed E-state index contributed by atoms with van der Waals surface area (Å²) < 4.78 is 51.1. The number of carboxylic acid groups (broad SMARTS) is 1. The van der Waals surface area contributed by atoms with E-state index in [0.717, 1.165) is 17.2 Å². The topological polar surface area (TPSA) is 85.5 Å². The summed E-state index contributed by atoms with van der Waals surface area (Å²) in [5, 5.41) is 13.0. The van der Waals surface area contributed by atoms with Crippen LogP contribution in [0.25, 0.3) is 22.8 Å². The van der Waals surface area contributed by atoms with Gasteiger partial charge in [0.1, 0.15) is 5.75 Å². The summed E-state index contributed by atoms with van der Waals surface area (Å²) >= 11 is 0. The second kappa shape index (κ2) is 7.96. The van der Waals surface area contributed by atoms with Gasteiger partial charge in [-0.05, 0) is 62.4 Å². The fraction of sp³-hybridized carbons (Fsp3) is 0.348. The van der Waals surface area contributed by atoms with Crippen LogP contribution in [0.5, 0.6) is 5.75 Å². The molecule has 2 atom stereocenters. The maximum absolute atomic E-state index is 13.5. The maximum atomic E-state index is 13.5. The van der Waals surface area contributed by atoms with E-state index in [4.69, 9.17) is 14.4 Å². The molecule has 9 heteroatoms. The molecule has 1 fully saturated rings. The lowest BCUT2D eigenvalue weighted by atomic mass is 10.0. The van der Waals surface area contributed by atoms with Crippen molar-refractivity contribution in [3.63, 3.8) is 0 Å². The number of rotatable bonds is 6. The fourth-order valence-electron chi connectivity index (χ4n) is 3.70. The molecule has 0 saturated heterocycles. The van der Waals surface area contributed by atoms with Crippen LogP contribution >= 0.6 is 0 Å². The normalized spacial score (nSPS) is 18.1. The van der Waals surface area contributed by atoms with Gasteiger partial charge in [-0.25, -0.2) is 0 Å². The molecule has 6 nitrogen and oxygen atoms in total. The second-order valence-corrected chi connectivity index (χ2v) is 8.16. The predicted molar refractivity (Wildman–Crippen MR) is 109 cm³/mol. The van der Waals surface area contributed by atoms with Crippen molar-refractivity contribution in [3.8, 4) is 28.6 Å². The molecule has 1 aliphatic rings. The van der Waals surface area contributed by atoms with E-state index in [9.17, 15) is 18.0 Å². The molecule has 2 aromatic carbocycles. The summed E-state index contributed by atoms with van der Waals surface area (Å²) in [7, 11) is 0. The highest BCUT2D eigenvalue weighted by Crippen LogP contribution is 2.48. The lowest BCUT2D eigenvalue weighted by Crippen LogP contribution is -2.13.